The molecule has 2 heterocycles. The van der Waals surface area contributed by atoms with Crippen molar-refractivity contribution >= 4 is 29.2 Å². The van der Waals surface area contributed by atoms with Gasteiger partial charge in [0.05, 0.1) is 35.9 Å². The molecule has 0 bridgehead atoms. The van der Waals surface area contributed by atoms with Crippen LogP contribution in [0.15, 0.2) is 59.6 Å². The zero-order chi connectivity index (χ0) is 23.8. The van der Waals surface area contributed by atoms with E-state index in [0.29, 0.717) is 40.3 Å². The first-order valence-corrected chi connectivity index (χ1v) is 10.7. The highest BCUT2D eigenvalue weighted by molar-refractivity contribution is 6.14. The third-order valence-corrected chi connectivity index (χ3v) is 5.95. The molecule has 0 aromatic heterocycles. The number of hydrogen-bond acceptors (Lipinski definition) is 7. The highest BCUT2D eigenvalue weighted by atomic mass is 16.6. The van der Waals surface area contributed by atoms with Gasteiger partial charge in [-0.3, -0.25) is 24.8 Å². The molecule has 0 saturated heterocycles. The van der Waals surface area contributed by atoms with Crippen molar-refractivity contribution in [3.8, 4) is 11.5 Å². The quantitative estimate of drug-likeness (QED) is 0.441. The summed E-state index contributed by atoms with van der Waals surface area (Å²) in [4.78, 5) is 30.5. The first-order valence-electron chi connectivity index (χ1n) is 10.7. The molecule has 0 aliphatic carbocycles. The third-order valence-electron chi connectivity index (χ3n) is 5.95. The fourth-order valence-electron chi connectivity index (χ4n) is 4.37. The van der Waals surface area contributed by atoms with Gasteiger partial charge in [-0.1, -0.05) is 18.2 Å². The Bertz CT molecular complexity index is 1340. The zero-order valence-electron chi connectivity index (χ0n) is 18.3. The van der Waals surface area contributed by atoms with Crippen molar-refractivity contribution in [2.45, 2.75) is 25.7 Å². The van der Waals surface area contributed by atoms with Crippen LogP contribution in [0.5, 0.6) is 11.5 Å². The van der Waals surface area contributed by atoms with Crippen molar-refractivity contribution in [3.63, 3.8) is 0 Å². The van der Waals surface area contributed by atoms with Crippen LogP contribution in [0.4, 0.5) is 17.1 Å². The second-order valence-corrected chi connectivity index (χ2v) is 8.09. The minimum absolute atomic E-state index is 0.00358. The standard InChI is InChI=1S/C25H21N3O6/c1-33-23-10-20-21(26-12-19-9-17-4-2-3-5-22(17)27(19)25(20)30)11-24(23)34-14-16-6-15(13-29)7-18(8-16)28(31)32/h2-8,10-12,19,29H,9,13-14H2,1H3/t19-/m0/s1. The molecule has 2 aliphatic heterocycles. The third kappa shape index (κ3) is 3.75. The average Bonchev–Trinajstić information content (AvgIpc) is 3.17. The Hall–Kier alpha value is -4.24. The van der Waals surface area contributed by atoms with E-state index < -0.39 is 4.92 Å². The van der Waals surface area contributed by atoms with Gasteiger partial charge >= 0.3 is 0 Å². The van der Waals surface area contributed by atoms with E-state index >= 15 is 0 Å². The van der Waals surface area contributed by atoms with Crippen molar-refractivity contribution < 1.29 is 24.3 Å². The second-order valence-electron chi connectivity index (χ2n) is 8.09. The molecule has 2 aliphatic rings. The van der Waals surface area contributed by atoms with Crippen molar-refractivity contribution in [2.75, 3.05) is 12.0 Å². The van der Waals surface area contributed by atoms with Gasteiger partial charge in [-0.2, -0.15) is 0 Å². The number of nitrogens with zero attached hydrogens (tertiary/aromatic N) is 3. The number of non-ortho nitro benzene ring substituents is 1. The molecule has 0 unspecified atom stereocenters. The predicted octanol–water partition coefficient (Wildman–Crippen LogP) is 3.96. The Morgan fingerprint density at radius 2 is 1.94 bits per heavy atom. The Morgan fingerprint density at radius 1 is 1.15 bits per heavy atom. The molecule has 1 atom stereocenters. The molecule has 0 fully saturated rings. The summed E-state index contributed by atoms with van der Waals surface area (Å²) >= 11 is 0. The number of methoxy groups -OCH3 is 1. The molecule has 5 rings (SSSR count). The van der Waals surface area contributed by atoms with Gasteiger partial charge in [-0.25, -0.2) is 0 Å². The molecule has 34 heavy (non-hydrogen) atoms. The SMILES string of the molecule is COc1cc2c(cc1OCc1cc(CO)cc([N+](=O)[O-])c1)N=C[C@@H]1Cc3ccccc3N1C2=O. The zero-order valence-corrected chi connectivity index (χ0v) is 18.3. The summed E-state index contributed by atoms with van der Waals surface area (Å²) in [5.41, 5.74) is 3.64. The van der Waals surface area contributed by atoms with Crippen LogP contribution in [0, 0.1) is 10.1 Å². The summed E-state index contributed by atoms with van der Waals surface area (Å²) in [7, 11) is 1.48. The van der Waals surface area contributed by atoms with Crippen LogP contribution in [0.25, 0.3) is 0 Å². The van der Waals surface area contributed by atoms with E-state index in [4.69, 9.17) is 9.47 Å². The van der Waals surface area contributed by atoms with Crippen LogP contribution >= 0.6 is 0 Å². The first-order chi connectivity index (χ1) is 16.5. The number of amides is 1. The van der Waals surface area contributed by atoms with E-state index in [1.807, 2.05) is 24.3 Å². The lowest BCUT2D eigenvalue weighted by atomic mass is 10.1. The average molecular weight is 459 g/mol. The van der Waals surface area contributed by atoms with Gasteiger partial charge in [0.25, 0.3) is 11.6 Å². The second kappa shape index (κ2) is 8.60. The highest BCUT2D eigenvalue weighted by Gasteiger charge is 2.36. The monoisotopic (exact) mass is 459 g/mol. The maximum atomic E-state index is 13.5. The summed E-state index contributed by atoms with van der Waals surface area (Å²) < 4.78 is 11.4. The van der Waals surface area contributed by atoms with Gasteiger partial charge in [-0.15, -0.1) is 0 Å². The van der Waals surface area contributed by atoms with Crippen LogP contribution < -0.4 is 14.4 Å². The number of nitro groups is 1. The van der Waals surface area contributed by atoms with Gasteiger partial charge in [0.15, 0.2) is 11.5 Å². The van der Waals surface area contributed by atoms with E-state index in [2.05, 4.69) is 4.99 Å². The number of carbonyl (C=O) groups is 1. The van der Waals surface area contributed by atoms with Crippen molar-refractivity contribution in [1.82, 2.24) is 0 Å². The van der Waals surface area contributed by atoms with E-state index in [0.717, 1.165) is 11.3 Å². The van der Waals surface area contributed by atoms with Crippen molar-refractivity contribution in [2.24, 2.45) is 4.99 Å². The van der Waals surface area contributed by atoms with E-state index in [1.165, 1.54) is 19.2 Å². The van der Waals surface area contributed by atoms with Gasteiger partial charge < -0.3 is 14.6 Å². The lowest BCUT2D eigenvalue weighted by Gasteiger charge is -2.22. The fraction of sp³-hybridized carbons (Fsp3) is 0.200. The molecular formula is C25H21N3O6. The molecule has 0 spiro atoms. The largest absolute Gasteiger partial charge is 0.493 e. The molecule has 3 aromatic carbocycles. The molecule has 1 amide bonds. The Balaban J connectivity index is 1.46. The summed E-state index contributed by atoms with van der Waals surface area (Å²) in [6, 6.07) is 15.2. The predicted molar refractivity (Wildman–Crippen MR) is 125 cm³/mol. The fourth-order valence-corrected chi connectivity index (χ4v) is 4.37. The smallest absolute Gasteiger partial charge is 0.270 e. The minimum Gasteiger partial charge on any atom is -0.493 e. The van der Waals surface area contributed by atoms with E-state index in [-0.39, 0.29) is 30.9 Å². The van der Waals surface area contributed by atoms with Crippen LogP contribution in [0.3, 0.4) is 0 Å². The van der Waals surface area contributed by atoms with Gasteiger partial charge in [0, 0.05) is 36.5 Å². The topological polar surface area (TPSA) is 114 Å². The Morgan fingerprint density at radius 3 is 2.71 bits per heavy atom. The van der Waals surface area contributed by atoms with Crippen LogP contribution in [-0.4, -0.2) is 35.3 Å². The number of fused-ring (bicyclic) bond motifs is 4. The molecule has 1 N–H and O–H groups in total. The van der Waals surface area contributed by atoms with Crippen LogP contribution in [0.1, 0.15) is 27.0 Å². The normalized spacial score (nSPS) is 15.9. The lowest BCUT2D eigenvalue weighted by Crippen LogP contribution is -2.37. The Labute approximate surface area is 195 Å². The first kappa shape index (κ1) is 21.6. The molecule has 9 heteroatoms. The van der Waals surface area contributed by atoms with Gasteiger partial charge in [-0.05, 0) is 34.9 Å². The van der Waals surface area contributed by atoms with E-state index in [9.17, 15) is 20.0 Å². The summed E-state index contributed by atoms with van der Waals surface area (Å²) in [5, 5.41) is 20.6. The molecule has 0 radical (unpaired) electrons. The lowest BCUT2D eigenvalue weighted by molar-refractivity contribution is -0.385. The van der Waals surface area contributed by atoms with Crippen molar-refractivity contribution in [3.05, 3.63) is 87.0 Å². The number of anilines is 1. The maximum absolute atomic E-state index is 13.5. The molecule has 172 valence electrons. The number of nitro benzene ring substituents is 1. The maximum Gasteiger partial charge on any atom is 0.270 e. The molecule has 3 aromatic rings. The summed E-state index contributed by atoms with van der Waals surface area (Å²) in [5.74, 6) is 0.533. The molecule has 9 nitrogen and oxygen atoms in total. The van der Waals surface area contributed by atoms with Crippen LogP contribution in [0.2, 0.25) is 0 Å². The Kier molecular flexibility index (Phi) is 5.46. The van der Waals surface area contributed by atoms with Gasteiger partial charge in [0.1, 0.15) is 6.61 Å². The number of carbonyl (C=O) groups excluding carboxylic acids is 1. The number of rotatable bonds is 6. The number of ether oxygens (including phenoxy) is 2. The molecular weight excluding hydrogens is 438 g/mol. The molecule has 0 saturated carbocycles. The number of hydrogen-bond donors (Lipinski definition) is 1. The number of benzene rings is 3. The minimum atomic E-state index is -0.518. The summed E-state index contributed by atoms with van der Waals surface area (Å²) in [6.07, 6.45) is 2.47. The van der Waals surface area contributed by atoms with E-state index in [1.54, 1.807) is 29.3 Å². The van der Waals surface area contributed by atoms with Gasteiger partial charge in [0.2, 0.25) is 0 Å². The highest BCUT2D eigenvalue weighted by Crippen LogP contribution is 2.41. The van der Waals surface area contributed by atoms with Crippen LogP contribution in [-0.2, 0) is 19.6 Å². The number of aliphatic imine (C=N–C) groups is 1. The number of aliphatic hydroxyl groups excluding tert-OH is 1. The number of para-hydroxylation sites is 1. The summed E-state index contributed by atoms with van der Waals surface area (Å²) in [6.45, 7) is -0.321. The van der Waals surface area contributed by atoms with Crippen molar-refractivity contribution in [1.29, 1.82) is 0 Å². The number of aliphatic hydroxyl groups is 1.